The van der Waals surface area contributed by atoms with Gasteiger partial charge in [0.1, 0.15) is 5.75 Å². The van der Waals surface area contributed by atoms with Crippen LogP contribution in [0.2, 0.25) is 0 Å². The van der Waals surface area contributed by atoms with E-state index < -0.39 is 0 Å². The molecule has 3 aromatic carbocycles. The van der Waals surface area contributed by atoms with E-state index >= 15 is 0 Å². The zero-order chi connectivity index (χ0) is 21.9. The van der Waals surface area contributed by atoms with Crippen LogP contribution in [0.1, 0.15) is 17.9 Å². The number of methoxy groups -OCH3 is 1. The molecule has 2 N–H and O–H groups in total. The Morgan fingerprint density at radius 2 is 1.84 bits per heavy atom. The van der Waals surface area contributed by atoms with E-state index in [1.807, 2.05) is 72.1 Å². The van der Waals surface area contributed by atoms with Crippen LogP contribution in [0, 0.1) is 5.92 Å². The van der Waals surface area contributed by atoms with Gasteiger partial charge in [0, 0.05) is 22.5 Å². The van der Waals surface area contributed by atoms with Crippen molar-refractivity contribution in [2.45, 2.75) is 12.3 Å². The van der Waals surface area contributed by atoms with Gasteiger partial charge in [-0.05, 0) is 42.2 Å². The predicted octanol–water partition coefficient (Wildman–Crippen LogP) is 6.30. The molecule has 0 bridgehead atoms. The zero-order valence-electron chi connectivity index (χ0n) is 17.6. The second kappa shape index (κ2) is 8.85. The van der Waals surface area contributed by atoms with Crippen LogP contribution in [-0.2, 0) is 4.79 Å². The van der Waals surface area contributed by atoms with Gasteiger partial charge >= 0.3 is 0 Å². The smallest absolute Gasteiger partial charge is 0.228 e. The lowest BCUT2D eigenvalue weighted by Crippen LogP contribution is -2.14. The number of nitrogens with one attached hydrogen (secondary N) is 2. The lowest BCUT2D eigenvalue weighted by Gasteiger charge is -2.08. The van der Waals surface area contributed by atoms with E-state index in [9.17, 15) is 4.79 Å². The summed E-state index contributed by atoms with van der Waals surface area (Å²) in [6.07, 6.45) is 0.902. The number of ether oxygens (including phenoxy) is 1. The first-order valence-corrected chi connectivity index (χ1v) is 11.4. The van der Waals surface area contributed by atoms with Crippen molar-refractivity contribution >= 4 is 33.8 Å². The summed E-state index contributed by atoms with van der Waals surface area (Å²) in [5.41, 5.74) is 4.71. The number of hydrogen-bond donors (Lipinski definition) is 2. The monoisotopic (exact) mass is 441 g/mol. The van der Waals surface area contributed by atoms with Gasteiger partial charge in [-0.15, -0.1) is 11.3 Å². The highest BCUT2D eigenvalue weighted by molar-refractivity contribution is 7.14. The molecule has 1 heterocycles. The van der Waals surface area contributed by atoms with Crippen molar-refractivity contribution in [3.8, 4) is 17.0 Å². The maximum Gasteiger partial charge on any atom is 0.228 e. The van der Waals surface area contributed by atoms with Crippen molar-refractivity contribution in [2.24, 2.45) is 5.92 Å². The number of carbonyl (C=O) groups is 1. The molecular formula is C26H23N3O2S. The lowest BCUT2D eigenvalue weighted by molar-refractivity contribution is -0.117. The molecule has 6 heteroatoms. The molecule has 4 aromatic rings. The number of carbonyl (C=O) groups excluding carboxylic acids is 1. The van der Waals surface area contributed by atoms with Crippen molar-refractivity contribution in [3.05, 3.63) is 89.8 Å². The second-order valence-corrected chi connectivity index (χ2v) is 8.65. The number of rotatable bonds is 7. The number of para-hydroxylation sites is 2. The summed E-state index contributed by atoms with van der Waals surface area (Å²) >= 11 is 1.53. The number of benzene rings is 3. The van der Waals surface area contributed by atoms with Crippen LogP contribution in [0.25, 0.3) is 11.3 Å². The number of thiazole rings is 1. The van der Waals surface area contributed by atoms with Crippen molar-refractivity contribution in [3.63, 3.8) is 0 Å². The van der Waals surface area contributed by atoms with Crippen molar-refractivity contribution in [1.29, 1.82) is 0 Å². The topological polar surface area (TPSA) is 63.2 Å². The Kier molecular flexibility index (Phi) is 5.60. The van der Waals surface area contributed by atoms with Gasteiger partial charge in [0.15, 0.2) is 5.13 Å². The first kappa shape index (κ1) is 20.3. The Morgan fingerprint density at radius 3 is 2.69 bits per heavy atom. The molecule has 2 unspecified atom stereocenters. The van der Waals surface area contributed by atoms with Gasteiger partial charge in [0.25, 0.3) is 0 Å². The highest BCUT2D eigenvalue weighted by Crippen LogP contribution is 2.48. The molecule has 2 atom stereocenters. The van der Waals surface area contributed by atoms with Gasteiger partial charge in [-0.1, -0.05) is 54.6 Å². The van der Waals surface area contributed by atoms with Crippen LogP contribution < -0.4 is 15.4 Å². The molecule has 1 saturated carbocycles. The summed E-state index contributed by atoms with van der Waals surface area (Å²) in [5.74, 6) is 1.20. The number of anilines is 3. The van der Waals surface area contributed by atoms with Crippen LogP contribution >= 0.6 is 11.3 Å². The Bertz CT molecular complexity index is 1240. The predicted molar refractivity (Wildman–Crippen MR) is 130 cm³/mol. The fraction of sp³-hybridized carbons (Fsp3) is 0.154. The molecule has 0 saturated heterocycles. The summed E-state index contributed by atoms with van der Waals surface area (Å²) in [6, 6.07) is 25.8. The minimum Gasteiger partial charge on any atom is -0.495 e. The molecule has 5 nitrogen and oxygen atoms in total. The number of hydrogen-bond acceptors (Lipinski definition) is 5. The van der Waals surface area contributed by atoms with E-state index in [-0.39, 0.29) is 11.8 Å². The third kappa shape index (κ3) is 4.36. The minimum absolute atomic E-state index is 0.0389. The molecule has 0 radical (unpaired) electrons. The van der Waals surface area contributed by atoms with Crippen LogP contribution in [0.15, 0.2) is 84.2 Å². The largest absolute Gasteiger partial charge is 0.495 e. The Hall–Kier alpha value is -3.64. The zero-order valence-corrected chi connectivity index (χ0v) is 18.4. The van der Waals surface area contributed by atoms with Gasteiger partial charge in [-0.25, -0.2) is 4.98 Å². The summed E-state index contributed by atoms with van der Waals surface area (Å²) in [6.45, 7) is 0. The maximum absolute atomic E-state index is 12.7. The molecule has 160 valence electrons. The summed E-state index contributed by atoms with van der Waals surface area (Å²) in [5, 5.41) is 9.18. The van der Waals surface area contributed by atoms with E-state index in [4.69, 9.17) is 9.72 Å². The van der Waals surface area contributed by atoms with E-state index in [0.717, 1.165) is 39.9 Å². The van der Waals surface area contributed by atoms with Crippen LogP contribution in [0.5, 0.6) is 5.75 Å². The summed E-state index contributed by atoms with van der Waals surface area (Å²) in [7, 11) is 1.65. The minimum atomic E-state index is 0.0389. The van der Waals surface area contributed by atoms with Crippen LogP contribution in [0.4, 0.5) is 16.5 Å². The first-order chi connectivity index (χ1) is 15.7. The van der Waals surface area contributed by atoms with Crippen LogP contribution in [0.3, 0.4) is 0 Å². The molecule has 1 fully saturated rings. The maximum atomic E-state index is 12.7. The normalized spacial score (nSPS) is 16.9. The summed E-state index contributed by atoms with van der Waals surface area (Å²) in [4.78, 5) is 17.4. The van der Waals surface area contributed by atoms with Gasteiger partial charge in [-0.3, -0.25) is 4.79 Å². The van der Waals surface area contributed by atoms with Gasteiger partial charge < -0.3 is 15.4 Å². The van der Waals surface area contributed by atoms with E-state index in [1.54, 1.807) is 7.11 Å². The highest BCUT2D eigenvalue weighted by atomic mass is 32.1. The Labute approximate surface area is 191 Å². The third-order valence-electron chi connectivity index (χ3n) is 5.63. The Morgan fingerprint density at radius 1 is 1.03 bits per heavy atom. The van der Waals surface area contributed by atoms with Crippen molar-refractivity contribution in [1.82, 2.24) is 4.98 Å². The van der Waals surface area contributed by atoms with Crippen molar-refractivity contribution in [2.75, 3.05) is 17.7 Å². The third-order valence-corrected chi connectivity index (χ3v) is 6.39. The van der Waals surface area contributed by atoms with Gasteiger partial charge in [0.05, 0.1) is 18.5 Å². The molecule has 1 amide bonds. The standard InChI is InChI=1S/C26H23N3O2S/c1-31-24-13-6-5-12-22(24)28-26-29-23(16-32-26)18-10-7-11-19(14-18)27-25(30)21-15-20(21)17-8-3-2-4-9-17/h2-14,16,20-21H,15H2,1H3,(H,27,30)(H,28,29). The first-order valence-electron chi connectivity index (χ1n) is 10.5. The SMILES string of the molecule is COc1ccccc1Nc1nc(-c2cccc(NC(=O)C3CC3c3ccccc3)c2)cs1. The molecule has 1 aliphatic rings. The average Bonchev–Trinajstić information content (AvgIpc) is 3.51. The number of amides is 1. The quantitative estimate of drug-likeness (QED) is 0.353. The molecule has 0 aliphatic heterocycles. The highest BCUT2D eigenvalue weighted by Gasteiger charge is 2.43. The summed E-state index contributed by atoms with van der Waals surface area (Å²) < 4.78 is 5.40. The van der Waals surface area contributed by atoms with Crippen molar-refractivity contribution < 1.29 is 9.53 Å². The Balaban J connectivity index is 1.26. The molecule has 5 rings (SSSR count). The van der Waals surface area contributed by atoms with E-state index in [1.165, 1.54) is 16.9 Å². The van der Waals surface area contributed by atoms with Gasteiger partial charge in [-0.2, -0.15) is 0 Å². The lowest BCUT2D eigenvalue weighted by atomic mass is 10.1. The molecule has 1 aliphatic carbocycles. The average molecular weight is 442 g/mol. The van der Waals surface area contributed by atoms with Gasteiger partial charge in [0.2, 0.25) is 5.91 Å². The van der Waals surface area contributed by atoms with E-state index in [0.29, 0.717) is 5.92 Å². The number of nitrogens with zero attached hydrogens (tertiary/aromatic N) is 1. The fourth-order valence-electron chi connectivity index (χ4n) is 3.87. The molecule has 0 spiro atoms. The second-order valence-electron chi connectivity index (χ2n) is 7.79. The molecule has 32 heavy (non-hydrogen) atoms. The molecule has 1 aromatic heterocycles. The number of aromatic nitrogens is 1. The fourth-order valence-corrected chi connectivity index (χ4v) is 4.60. The van der Waals surface area contributed by atoms with Crippen LogP contribution in [-0.4, -0.2) is 18.0 Å². The van der Waals surface area contributed by atoms with E-state index in [2.05, 4.69) is 22.8 Å². The molecular weight excluding hydrogens is 418 g/mol.